The van der Waals surface area contributed by atoms with Gasteiger partial charge in [-0.1, -0.05) is 68.2 Å². The van der Waals surface area contributed by atoms with Crippen molar-refractivity contribution in [3.63, 3.8) is 0 Å². The van der Waals surface area contributed by atoms with Gasteiger partial charge in [-0.15, -0.1) is 10.2 Å². The normalized spacial score (nSPS) is 14.6. The lowest BCUT2D eigenvalue weighted by molar-refractivity contribution is 0.00578. The summed E-state index contributed by atoms with van der Waals surface area (Å²) < 4.78 is 31.5. The lowest BCUT2D eigenvalue weighted by atomic mass is 9.80. The highest BCUT2D eigenvalue weighted by Crippen LogP contribution is 2.38. The third-order valence-corrected chi connectivity index (χ3v) is 13.0. The predicted octanol–water partition coefficient (Wildman–Crippen LogP) is 8.20. The standard InChI is InChI=1S/C25H36BN3O4Si.C20H15N7O/c1-24(2)25(3,4)33-26(32-24)18-15-20-22(19-11-9-10-12-21(19)30-5)28-29(23(20)27-16-18)17-31-13-14-34(6,7)8;1-28-17-5-3-2-4-15(17)18-16-10-14(11-21-20(16)23-22-18)12-6-8-13(9-7-12)19-24-26-27-25-19/h9-12,15-16H,13-14,17H2,1-8H3;2-11H,1H3,(H,21,22,23)(H,24,25,26,27). The van der Waals surface area contributed by atoms with E-state index in [0.717, 1.165) is 78.6 Å². The summed E-state index contributed by atoms with van der Waals surface area (Å²) in [6.07, 6.45) is 3.63. The fourth-order valence-corrected chi connectivity index (χ4v) is 7.81. The summed E-state index contributed by atoms with van der Waals surface area (Å²) in [5, 5.41) is 28.2. The maximum Gasteiger partial charge on any atom is 0.496 e. The molecule has 5 aromatic heterocycles. The molecule has 8 aromatic rings. The van der Waals surface area contributed by atoms with Gasteiger partial charge in [-0.25, -0.2) is 14.6 Å². The van der Waals surface area contributed by atoms with Crippen LogP contribution in [0.5, 0.6) is 11.5 Å². The van der Waals surface area contributed by atoms with E-state index in [9.17, 15) is 0 Å². The van der Waals surface area contributed by atoms with Gasteiger partial charge < -0.3 is 23.5 Å². The van der Waals surface area contributed by atoms with Crippen molar-refractivity contribution >= 4 is 42.7 Å². The van der Waals surface area contributed by atoms with Gasteiger partial charge in [0, 0.05) is 65.6 Å². The summed E-state index contributed by atoms with van der Waals surface area (Å²) >= 11 is 0. The summed E-state index contributed by atoms with van der Waals surface area (Å²) in [7, 11) is 1.66. The van der Waals surface area contributed by atoms with Gasteiger partial charge in [0.05, 0.1) is 31.1 Å². The van der Waals surface area contributed by atoms with Crippen LogP contribution in [-0.4, -0.2) is 97.8 Å². The maximum absolute atomic E-state index is 6.27. The van der Waals surface area contributed by atoms with Crippen LogP contribution in [-0.2, 0) is 20.8 Å². The van der Waals surface area contributed by atoms with Gasteiger partial charge in [0.1, 0.15) is 23.9 Å². The van der Waals surface area contributed by atoms with Crippen molar-refractivity contribution in [1.82, 2.24) is 50.6 Å². The second-order valence-corrected chi connectivity index (χ2v) is 23.0. The van der Waals surface area contributed by atoms with Gasteiger partial charge in [-0.05, 0) is 80.9 Å². The zero-order chi connectivity index (χ0) is 43.6. The van der Waals surface area contributed by atoms with E-state index in [1.807, 2.05) is 89.9 Å². The zero-order valence-electron chi connectivity index (χ0n) is 36.6. The summed E-state index contributed by atoms with van der Waals surface area (Å²) in [4.78, 5) is 9.29. The van der Waals surface area contributed by atoms with Crippen LogP contribution in [0, 0.1) is 0 Å². The van der Waals surface area contributed by atoms with Crippen molar-refractivity contribution in [3.8, 4) is 56.5 Å². The largest absolute Gasteiger partial charge is 0.496 e. The number of ether oxygens (including phenoxy) is 3. The summed E-state index contributed by atoms with van der Waals surface area (Å²) in [5.41, 5.74) is 7.88. The average molecular weight is 851 g/mol. The molecule has 1 fully saturated rings. The van der Waals surface area contributed by atoms with E-state index >= 15 is 0 Å². The molecule has 17 heteroatoms. The number of para-hydroxylation sites is 2. The van der Waals surface area contributed by atoms with Crippen molar-refractivity contribution in [2.24, 2.45) is 0 Å². The van der Waals surface area contributed by atoms with Gasteiger partial charge in [-0.3, -0.25) is 5.10 Å². The number of nitrogens with zero attached hydrogens (tertiary/aromatic N) is 8. The van der Waals surface area contributed by atoms with Gasteiger partial charge in [0.25, 0.3) is 0 Å². The number of methoxy groups -OCH3 is 2. The number of aromatic nitrogens is 10. The maximum atomic E-state index is 6.27. The van der Waals surface area contributed by atoms with E-state index in [0.29, 0.717) is 24.8 Å². The number of hydrogen-bond donors (Lipinski definition) is 2. The lowest BCUT2D eigenvalue weighted by Crippen LogP contribution is -2.41. The number of H-pyrrole nitrogens is 2. The van der Waals surface area contributed by atoms with Crippen LogP contribution in [0.3, 0.4) is 0 Å². The molecule has 1 saturated heterocycles. The van der Waals surface area contributed by atoms with Gasteiger partial charge in [0.15, 0.2) is 11.3 Å². The molecule has 2 N–H and O–H groups in total. The minimum absolute atomic E-state index is 0.346. The number of fused-ring (bicyclic) bond motifs is 2. The van der Waals surface area contributed by atoms with E-state index in [2.05, 4.69) is 95.3 Å². The Hall–Kier alpha value is -6.27. The minimum atomic E-state index is -1.17. The van der Waals surface area contributed by atoms with E-state index in [1.165, 1.54) is 0 Å². The molecule has 15 nitrogen and oxygen atoms in total. The predicted molar refractivity (Wildman–Crippen MR) is 244 cm³/mol. The van der Waals surface area contributed by atoms with E-state index in [1.54, 1.807) is 14.2 Å². The molecule has 0 atom stereocenters. The first-order valence-electron chi connectivity index (χ1n) is 20.5. The SMILES string of the molecule is COc1ccccc1-c1[nH]nc2ncc(-c3ccc(-c4nn[nH]n4)cc3)cc12.COc1ccccc1-c1nn(COCC[Si](C)(C)C)c2ncc(B3OC(C)(C)C(C)(C)O3)cc12. The van der Waals surface area contributed by atoms with Crippen LogP contribution in [0.15, 0.2) is 97.3 Å². The number of hydrogen-bond acceptors (Lipinski definition) is 12. The average Bonchev–Trinajstić information content (AvgIpc) is 4.07. The molecule has 0 bridgehead atoms. The first-order valence-corrected chi connectivity index (χ1v) is 24.2. The smallest absolute Gasteiger partial charge is 0.496 e. The third-order valence-electron chi connectivity index (χ3n) is 11.3. The molecule has 0 aliphatic carbocycles. The van der Waals surface area contributed by atoms with Crippen LogP contribution >= 0.6 is 0 Å². The Balaban J connectivity index is 0.000000173. The van der Waals surface area contributed by atoms with Crippen molar-refractivity contribution in [2.45, 2.75) is 71.3 Å². The number of rotatable bonds is 12. The molecule has 0 unspecified atom stereocenters. The molecule has 0 radical (unpaired) electrons. The Morgan fingerprint density at radius 1 is 0.742 bits per heavy atom. The molecule has 62 heavy (non-hydrogen) atoms. The molecule has 6 heterocycles. The number of aromatic amines is 2. The van der Waals surface area contributed by atoms with Gasteiger partial charge in [-0.2, -0.15) is 15.4 Å². The highest BCUT2D eigenvalue weighted by atomic mass is 28.3. The molecule has 0 spiro atoms. The van der Waals surface area contributed by atoms with E-state index in [4.69, 9.17) is 33.6 Å². The van der Waals surface area contributed by atoms with Crippen LogP contribution in [0.1, 0.15) is 27.7 Å². The third kappa shape index (κ3) is 8.74. The van der Waals surface area contributed by atoms with E-state index in [-0.39, 0.29) is 0 Å². The number of tetrazole rings is 1. The Kier molecular flexibility index (Phi) is 11.8. The summed E-state index contributed by atoms with van der Waals surface area (Å²) in [6, 6.07) is 28.9. The second kappa shape index (κ2) is 17.2. The van der Waals surface area contributed by atoms with E-state index < -0.39 is 26.4 Å². The van der Waals surface area contributed by atoms with Crippen molar-refractivity contribution < 1.29 is 23.5 Å². The number of nitrogens with one attached hydrogen (secondary N) is 2. The molecule has 318 valence electrons. The van der Waals surface area contributed by atoms with Crippen LogP contribution in [0.25, 0.3) is 67.1 Å². The topological polar surface area (TPSA) is 173 Å². The van der Waals surface area contributed by atoms with Crippen LogP contribution in [0.4, 0.5) is 0 Å². The van der Waals surface area contributed by atoms with Gasteiger partial charge in [0.2, 0.25) is 5.82 Å². The van der Waals surface area contributed by atoms with Crippen LogP contribution < -0.4 is 14.9 Å². The molecule has 0 amide bonds. The molecular weight excluding hydrogens is 799 g/mol. The highest BCUT2D eigenvalue weighted by Gasteiger charge is 2.52. The Labute approximate surface area is 361 Å². The van der Waals surface area contributed by atoms with Gasteiger partial charge >= 0.3 is 7.12 Å². The second-order valence-electron chi connectivity index (χ2n) is 17.3. The quantitative estimate of drug-likeness (QED) is 0.0893. The highest BCUT2D eigenvalue weighted by molar-refractivity contribution is 6.76. The van der Waals surface area contributed by atoms with Crippen molar-refractivity contribution in [1.29, 1.82) is 0 Å². The van der Waals surface area contributed by atoms with Crippen LogP contribution in [0.2, 0.25) is 25.7 Å². The zero-order valence-corrected chi connectivity index (χ0v) is 37.6. The number of pyridine rings is 2. The first-order chi connectivity index (χ1) is 29.7. The first kappa shape index (κ1) is 42.4. The number of benzene rings is 3. The monoisotopic (exact) mass is 850 g/mol. The lowest BCUT2D eigenvalue weighted by Gasteiger charge is -2.32. The molecule has 3 aromatic carbocycles. The Bertz CT molecular complexity index is 2790. The summed E-state index contributed by atoms with van der Waals surface area (Å²) in [6.45, 7) is 16.3. The Morgan fingerprint density at radius 3 is 2.06 bits per heavy atom. The Morgan fingerprint density at radius 2 is 1.40 bits per heavy atom. The molecule has 1 aliphatic heterocycles. The molecule has 1 aliphatic rings. The van der Waals surface area contributed by atoms with Crippen molar-refractivity contribution in [2.75, 3.05) is 20.8 Å². The minimum Gasteiger partial charge on any atom is -0.496 e. The fraction of sp³-hybridized carbons (Fsp3) is 0.311. The molecule has 9 rings (SSSR count). The molecule has 0 saturated carbocycles. The fourth-order valence-electron chi connectivity index (χ4n) is 7.05. The van der Waals surface area contributed by atoms with Crippen molar-refractivity contribution in [3.05, 3.63) is 97.3 Å². The molecular formula is C45H51BN10O5Si. The summed E-state index contributed by atoms with van der Waals surface area (Å²) in [5.74, 6) is 2.10.